The number of methoxy groups -OCH3 is 1. The molecule has 1 N–H and O–H groups in total. The maximum absolute atomic E-state index is 11.7. The minimum atomic E-state index is -3.45. The predicted octanol–water partition coefficient (Wildman–Crippen LogP) is 1.45. The van der Waals surface area contributed by atoms with Gasteiger partial charge in [-0.05, 0) is 20.3 Å². The molecular formula is C10H16N2O4S2. The van der Waals surface area contributed by atoms with Crippen LogP contribution in [0.2, 0.25) is 0 Å². The quantitative estimate of drug-likeness (QED) is 0.802. The third-order valence-electron chi connectivity index (χ3n) is 2.29. The number of esters is 1. The maximum Gasteiger partial charge on any atom is 0.305 e. The SMILES string of the molecule is COC(=O)CCCS(=O)(=O)Nc1nc(C)c(C)s1. The molecule has 18 heavy (non-hydrogen) atoms. The highest BCUT2D eigenvalue weighted by molar-refractivity contribution is 7.92. The molecular weight excluding hydrogens is 276 g/mol. The number of thiazole rings is 1. The molecule has 1 aromatic heterocycles. The number of carbonyl (C=O) groups is 1. The molecule has 0 spiro atoms. The van der Waals surface area contributed by atoms with E-state index in [4.69, 9.17) is 0 Å². The van der Waals surface area contributed by atoms with Crippen molar-refractivity contribution in [3.8, 4) is 0 Å². The number of anilines is 1. The summed E-state index contributed by atoms with van der Waals surface area (Å²) in [6.07, 6.45) is 0.318. The average Bonchev–Trinajstić information content (AvgIpc) is 2.56. The summed E-state index contributed by atoms with van der Waals surface area (Å²) in [6, 6.07) is 0. The van der Waals surface area contributed by atoms with Crippen molar-refractivity contribution >= 4 is 32.5 Å². The molecule has 0 atom stereocenters. The van der Waals surface area contributed by atoms with Crippen LogP contribution in [0, 0.1) is 13.8 Å². The molecule has 0 saturated heterocycles. The Morgan fingerprint density at radius 2 is 2.11 bits per heavy atom. The summed E-state index contributed by atoms with van der Waals surface area (Å²) in [6.45, 7) is 3.70. The summed E-state index contributed by atoms with van der Waals surface area (Å²) in [5, 5.41) is 0.364. The molecule has 0 aliphatic heterocycles. The summed E-state index contributed by atoms with van der Waals surface area (Å²) in [4.78, 5) is 15.9. The number of ether oxygens (including phenoxy) is 1. The van der Waals surface area contributed by atoms with Gasteiger partial charge in [-0.1, -0.05) is 0 Å². The zero-order valence-corrected chi connectivity index (χ0v) is 12.2. The Balaban J connectivity index is 2.52. The highest BCUT2D eigenvalue weighted by Crippen LogP contribution is 2.22. The van der Waals surface area contributed by atoms with Gasteiger partial charge in [-0.2, -0.15) is 0 Å². The van der Waals surface area contributed by atoms with Gasteiger partial charge in [-0.15, -0.1) is 11.3 Å². The summed E-state index contributed by atoms with van der Waals surface area (Å²) in [5.74, 6) is -0.536. The molecule has 1 rings (SSSR count). The molecule has 1 heterocycles. The second-order valence-corrected chi connectivity index (χ2v) is 6.81. The standard InChI is InChI=1S/C10H16N2O4S2/c1-7-8(2)17-10(11-7)12-18(14,15)6-4-5-9(13)16-3/h4-6H2,1-3H3,(H,11,12). The molecule has 0 saturated carbocycles. The molecule has 0 radical (unpaired) electrons. The van der Waals surface area contributed by atoms with Crippen LogP contribution in [-0.2, 0) is 19.6 Å². The number of carbonyl (C=O) groups excluding carboxylic acids is 1. The molecule has 1 aromatic rings. The normalized spacial score (nSPS) is 11.3. The lowest BCUT2D eigenvalue weighted by Gasteiger charge is -2.04. The van der Waals surface area contributed by atoms with Crippen LogP contribution in [0.5, 0.6) is 0 Å². The van der Waals surface area contributed by atoms with E-state index in [1.54, 1.807) is 0 Å². The van der Waals surface area contributed by atoms with Gasteiger partial charge in [0.2, 0.25) is 10.0 Å². The van der Waals surface area contributed by atoms with Gasteiger partial charge in [-0.3, -0.25) is 9.52 Å². The lowest BCUT2D eigenvalue weighted by atomic mass is 10.3. The summed E-state index contributed by atoms with van der Waals surface area (Å²) < 4.78 is 30.2. The molecule has 0 aliphatic rings. The smallest absolute Gasteiger partial charge is 0.305 e. The Hall–Kier alpha value is -1.15. The van der Waals surface area contributed by atoms with E-state index in [1.807, 2.05) is 13.8 Å². The second kappa shape index (κ2) is 6.14. The van der Waals surface area contributed by atoms with Crippen LogP contribution in [0.4, 0.5) is 5.13 Å². The van der Waals surface area contributed by atoms with Gasteiger partial charge in [-0.25, -0.2) is 13.4 Å². The molecule has 6 nitrogen and oxygen atoms in total. The van der Waals surface area contributed by atoms with Crippen molar-refractivity contribution in [2.75, 3.05) is 17.6 Å². The lowest BCUT2D eigenvalue weighted by molar-refractivity contribution is -0.140. The van der Waals surface area contributed by atoms with E-state index >= 15 is 0 Å². The Kier molecular flexibility index (Phi) is 5.09. The van der Waals surface area contributed by atoms with Crippen LogP contribution in [0.1, 0.15) is 23.4 Å². The second-order valence-electron chi connectivity index (χ2n) is 3.76. The largest absolute Gasteiger partial charge is 0.469 e. The molecule has 102 valence electrons. The fraction of sp³-hybridized carbons (Fsp3) is 0.600. The van der Waals surface area contributed by atoms with Crippen molar-refractivity contribution in [2.24, 2.45) is 0 Å². The zero-order chi connectivity index (χ0) is 13.8. The van der Waals surface area contributed by atoms with Gasteiger partial charge < -0.3 is 4.74 Å². The van der Waals surface area contributed by atoms with Crippen molar-refractivity contribution in [3.05, 3.63) is 10.6 Å². The third-order valence-corrected chi connectivity index (χ3v) is 4.74. The fourth-order valence-electron chi connectivity index (χ4n) is 1.21. The molecule has 0 unspecified atom stereocenters. The highest BCUT2D eigenvalue weighted by Gasteiger charge is 2.14. The molecule has 0 amide bonds. The Bertz CT molecular complexity index is 502. The van der Waals surface area contributed by atoms with Crippen LogP contribution >= 0.6 is 11.3 Å². The van der Waals surface area contributed by atoms with E-state index in [1.165, 1.54) is 18.4 Å². The minimum Gasteiger partial charge on any atom is -0.469 e. The highest BCUT2D eigenvalue weighted by atomic mass is 32.2. The lowest BCUT2D eigenvalue weighted by Crippen LogP contribution is -2.17. The van der Waals surface area contributed by atoms with Gasteiger partial charge in [0.1, 0.15) is 0 Å². The maximum atomic E-state index is 11.7. The topological polar surface area (TPSA) is 85.4 Å². The summed E-state index contributed by atoms with van der Waals surface area (Å²) >= 11 is 1.29. The average molecular weight is 292 g/mol. The summed E-state index contributed by atoms with van der Waals surface area (Å²) in [5.41, 5.74) is 0.812. The van der Waals surface area contributed by atoms with Gasteiger partial charge in [0.15, 0.2) is 5.13 Å². The number of nitrogens with zero attached hydrogens (tertiary/aromatic N) is 1. The van der Waals surface area contributed by atoms with Gasteiger partial charge in [0.25, 0.3) is 0 Å². The molecule has 0 aliphatic carbocycles. The van der Waals surface area contributed by atoms with Crippen molar-refractivity contribution in [2.45, 2.75) is 26.7 Å². The van der Waals surface area contributed by atoms with E-state index in [9.17, 15) is 13.2 Å². The van der Waals surface area contributed by atoms with Crippen LogP contribution in [-0.4, -0.2) is 32.2 Å². The zero-order valence-electron chi connectivity index (χ0n) is 10.5. The Morgan fingerprint density at radius 3 is 2.61 bits per heavy atom. The van der Waals surface area contributed by atoms with Crippen molar-refractivity contribution in [3.63, 3.8) is 0 Å². The number of hydrogen-bond acceptors (Lipinski definition) is 6. The number of hydrogen-bond donors (Lipinski definition) is 1. The first kappa shape index (κ1) is 14.9. The van der Waals surface area contributed by atoms with Gasteiger partial charge in [0.05, 0.1) is 18.6 Å². The van der Waals surface area contributed by atoms with E-state index < -0.39 is 16.0 Å². The van der Waals surface area contributed by atoms with Crippen molar-refractivity contribution in [1.29, 1.82) is 0 Å². The molecule has 0 fully saturated rings. The molecule has 8 heteroatoms. The molecule has 0 bridgehead atoms. The van der Waals surface area contributed by atoms with E-state index in [2.05, 4.69) is 14.4 Å². The number of aryl methyl sites for hydroxylation is 2. The predicted molar refractivity (Wildman–Crippen MR) is 70.2 cm³/mol. The van der Waals surface area contributed by atoms with Gasteiger partial charge >= 0.3 is 5.97 Å². The van der Waals surface area contributed by atoms with Crippen LogP contribution in [0.15, 0.2) is 0 Å². The Morgan fingerprint density at radius 1 is 1.44 bits per heavy atom. The van der Waals surface area contributed by atoms with E-state index in [0.29, 0.717) is 5.13 Å². The monoisotopic (exact) mass is 292 g/mol. The number of aromatic nitrogens is 1. The number of rotatable bonds is 6. The third kappa shape index (κ3) is 4.61. The number of nitrogens with one attached hydrogen (secondary N) is 1. The fourth-order valence-corrected chi connectivity index (χ4v) is 3.36. The number of sulfonamides is 1. The first-order valence-electron chi connectivity index (χ1n) is 5.35. The Labute approximate surface area is 110 Å². The summed E-state index contributed by atoms with van der Waals surface area (Å²) in [7, 11) is -2.18. The van der Waals surface area contributed by atoms with Crippen molar-refractivity contribution < 1.29 is 17.9 Å². The van der Waals surface area contributed by atoms with Crippen LogP contribution in [0.3, 0.4) is 0 Å². The van der Waals surface area contributed by atoms with Crippen LogP contribution in [0.25, 0.3) is 0 Å². The minimum absolute atomic E-state index is 0.0906. The van der Waals surface area contributed by atoms with Gasteiger partial charge in [0, 0.05) is 11.3 Å². The van der Waals surface area contributed by atoms with E-state index in [-0.39, 0.29) is 18.6 Å². The van der Waals surface area contributed by atoms with E-state index in [0.717, 1.165) is 10.6 Å². The first-order chi connectivity index (χ1) is 8.34. The molecule has 0 aromatic carbocycles. The van der Waals surface area contributed by atoms with Crippen molar-refractivity contribution in [1.82, 2.24) is 4.98 Å². The first-order valence-corrected chi connectivity index (χ1v) is 7.82. The van der Waals surface area contributed by atoms with Crippen LogP contribution < -0.4 is 4.72 Å².